The zero-order valence-corrected chi connectivity index (χ0v) is 6.61. The standard InChI is InChI=1S/C9H15N/c1-8-3-5-9(7-8)4-2-6-10-9/h7,10H,2-6H2,1H3/t9-/m0/s1. The summed E-state index contributed by atoms with van der Waals surface area (Å²) in [5.74, 6) is 0. The van der Waals surface area contributed by atoms with Gasteiger partial charge in [-0.2, -0.15) is 0 Å². The van der Waals surface area contributed by atoms with Gasteiger partial charge in [-0.1, -0.05) is 11.6 Å². The van der Waals surface area contributed by atoms with Crippen molar-refractivity contribution >= 4 is 0 Å². The number of nitrogens with one attached hydrogen (secondary N) is 1. The summed E-state index contributed by atoms with van der Waals surface area (Å²) in [6, 6.07) is 0. The van der Waals surface area contributed by atoms with E-state index in [1.54, 1.807) is 5.57 Å². The Hall–Kier alpha value is -0.300. The van der Waals surface area contributed by atoms with Crippen molar-refractivity contribution in [1.82, 2.24) is 5.32 Å². The lowest BCUT2D eigenvalue weighted by Crippen LogP contribution is -2.34. The minimum Gasteiger partial charge on any atom is -0.308 e. The fraction of sp³-hybridized carbons (Fsp3) is 0.778. The lowest BCUT2D eigenvalue weighted by Gasteiger charge is -2.20. The summed E-state index contributed by atoms with van der Waals surface area (Å²) in [5, 5.41) is 3.59. The first kappa shape index (κ1) is 6.41. The van der Waals surface area contributed by atoms with Crippen LogP contribution < -0.4 is 5.32 Å². The van der Waals surface area contributed by atoms with Crippen molar-refractivity contribution < 1.29 is 0 Å². The Balaban J connectivity index is 2.16. The highest BCUT2D eigenvalue weighted by Gasteiger charge is 2.33. The molecule has 0 bridgehead atoms. The molecule has 1 N–H and O–H groups in total. The zero-order chi connectivity index (χ0) is 7.03. The number of allylic oxidation sites excluding steroid dienone is 1. The van der Waals surface area contributed by atoms with Crippen LogP contribution in [-0.4, -0.2) is 12.1 Å². The molecule has 1 heterocycles. The third kappa shape index (κ3) is 0.891. The van der Waals surface area contributed by atoms with Crippen LogP contribution in [0.3, 0.4) is 0 Å². The van der Waals surface area contributed by atoms with E-state index in [0.717, 1.165) is 0 Å². The molecule has 0 aromatic rings. The van der Waals surface area contributed by atoms with Gasteiger partial charge in [0.25, 0.3) is 0 Å². The van der Waals surface area contributed by atoms with Crippen LogP contribution in [0.1, 0.15) is 32.6 Å². The second kappa shape index (κ2) is 2.09. The van der Waals surface area contributed by atoms with Gasteiger partial charge in [-0.25, -0.2) is 0 Å². The summed E-state index contributed by atoms with van der Waals surface area (Å²) < 4.78 is 0. The van der Waals surface area contributed by atoms with E-state index in [2.05, 4.69) is 18.3 Å². The maximum absolute atomic E-state index is 3.59. The lowest BCUT2D eigenvalue weighted by atomic mass is 9.97. The molecule has 56 valence electrons. The van der Waals surface area contributed by atoms with E-state index in [-0.39, 0.29) is 0 Å². The maximum atomic E-state index is 3.59. The van der Waals surface area contributed by atoms with Gasteiger partial charge in [-0.3, -0.25) is 0 Å². The van der Waals surface area contributed by atoms with Crippen molar-refractivity contribution in [3.63, 3.8) is 0 Å². The topological polar surface area (TPSA) is 12.0 Å². The summed E-state index contributed by atoms with van der Waals surface area (Å²) in [6.07, 6.45) is 7.83. The smallest absolute Gasteiger partial charge is 0.0370 e. The normalized spacial score (nSPS) is 39.1. The van der Waals surface area contributed by atoms with Crippen molar-refractivity contribution in [2.75, 3.05) is 6.54 Å². The largest absolute Gasteiger partial charge is 0.308 e. The van der Waals surface area contributed by atoms with E-state index in [1.165, 1.54) is 32.2 Å². The molecule has 1 atom stereocenters. The first-order valence-electron chi connectivity index (χ1n) is 4.24. The van der Waals surface area contributed by atoms with Crippen LogP contribution in [0.15, 0.2) is 11.6 Å². The van der Waals surface area contributed by atoms with E-state index in [1.807, 2.05) is 0 Å². The Kier molecular flexibility index (Phi) is 1.34. The highest BCUT2D eigenvalue weighted by atomic mass is 15.0. The molecule has 2 aliphatic rings. The average molecular weight is 137 g/mol. The highest BCUT2D eigenvalue weighted by Crippen LogP contribution is 2.34. The molecule has 0 radical (unpaired) electrons. The second-order valence-corrected chi connectivity index (χ2v) is 3.68. The molecule has 1 saturated heterocycles. The molecule has 1 nitrogen and oxygen atoms in total. The van der Waals surface area contributed by atoms with Gasteiger partial charge in [-0.05, 0) is 39.2 Å². The van der Waals surface area contributed by atoms with Crippen molar-refractivity contribution in [3.05, 3.63) is 11.6 Å². The van der Waals surface area contributed by atoms with Crippen molar-refractivity contribution in [2.24, 2.45) is 0 Å². The van der Waals surface area contributed by atoms with Gasteiger partial charge < -0.3 is 5.32 Å². The van der Waals surface area contributed by atoms with Gasteiger partial charge >= 0.3 is 0 Å². The van der Waals surface area contributed by atoms with E-state index in [4.69, 9.17) is 0 Å². The summed E-state index contributed by atoms with van der Waals surface area (Å²) in [5.41, 5.74) is 2.03. The predicted molar refractivity (Wildman–Crippen MR) is 43.0 cm³/mol. The van der Waals surface area contributed by atoms with E-state index in [9.17, 15) is 0 Å². The molecule has 1 spiro atoms. The van der Waals surface area contributed by atoms with Gasteiger partial charge in [0, 0.05) is 5.54 Å². The van der Waals surface area contributed by atoms with Crippen molar-refractivity contribution in [2.45, 2.75) is 38.1 Å². The Morgan fingerprint density at radius 1 is 1.50 bits per heavy atom. The molecular formula is C9H15N. The van der Waals surface area contributed by atoms with E-state index in [0.29, 0.717) is 5.54 Å². The predicted octanol–water partition coefficient (Wildman–Crippen LogP) is 1.85. The molecule has 0 aromatic heterocycles. The minimum absolute atomic E-state index is 0.448. The number of hydrogen-bond acceptors (Lipinski definition) is 1. The van der Waals surface area contributed by atoms with Gasteiger partial charge in [0.05, 0.1) is 0 Å². The third-order valence-corrected chi connectivity index (χ3v) is 2.76. The van der Waals surface area contributed by atoms with Crippen molar-refractivity contribution in [3.8, 4) is 0 Å². The fourth-order valence-electron chi connectivity index (χ4n) is 2.20. The zero-order valence-electron chi connectivity index (χ0n) is 6.61. The Morgan fingerprint density at radius 2 is 2.40 bits per heavy atom. The number of hydrogen-bond donors (Lipinski definition) is 1. The molecule has 1 aliphatic heterocycles. The van der Waals surface area contributed by atoms with Crippen LogP contribution in [0, 0.1) is 0 Å². The van der Waals surface area contributed by atoms with Gasteiger partial charge in [0.2, 0.25) is 0 Å². The van der Waals surface area contributed by atoms with Crippen molar-refractivity contribution in [1.29, 1.82) is 0 Å². The van der Waals surface area contributed by atoms with Crippen LogP contribution in [0.5, 0.6) is 0 Å². The van der Waals surface area contributed by atoms with E-state index >= 15 is 0 Å². The molecular weight excluding hydrogens is 122 g/mol. The first-order chi connectivity index (χ1) is 4.81. The van der Waals surface area contributed by atoms with Gasteiger partial charge in [0.1, 0.15) is 0 Å². The third-order valence-electron chi connectivity index (χ3n) is 2.76. The summed E-state index contributed by atoms with van der Waals surface area (Å²) in [4.78, 5) is 0. The Morgan fingerprint density at radius 3 is 2.90 bits per heavy atom. The van der Waals surface area contributed by atoms with Gasteiger partial charge in [-0.15, -0.1) is 0 Å². The fourth-order valence-corrected chi connectivity index (χ4v) is 2.20. The Bertz CT molecular complexity index is 164. The summed E-state index contributed by atoms with van der Waals surface area (Å²) in [7, 11) is 0. The molecule has 2 rings (SSSR count). The molecule has 0 saturated carbocycles. The lowest BCUT2D eigenvalue weighted by molar-refractivity contribution is 0.461. The van der Waals surface area contributed by atoms with Crippen LogP contribution in [0.2, 0.25) is 0 Å². The molecule has 10 heavy (non-hydrogen) atoms. The van der Waals surface area contributed by atoms with Crippen LogP contribution in [-0.2, 0) is 0 Å². The summed E-state index contributed by atoms with van der Waals surface area (Å²) >= 11 is 0. The maximum Gasteiger partial charge on any atom is 0.0370 e. The molecule has 1 heteroatoms. The quantitative estimate of drug-likeness (QED) is 0.502. The molecule has 0 unspecified atom stereocenters. The first-order valence-corrected chi connectivity index (χ1v) is 4.24. The SMILES string of the molecule is CC1=C[C@]2(CCCN2)CC1. The monoisotopic (exact) mass is 137 g/mol. The molecule has 1 aliphatic carbocycles. The van der Waals surface area contributed by atoms with Crippen LogP contribution >= 0.6 is 0 Å². The Labute approximate surface area is 62.5 Å². The second-order valence-electron chi connectivity index (χ2n) is 3.68. The van der Waals surface area contributed by atoms with E-state index < -0.39 is 0 Å². The minimum atomic E-state index is 0.448. The molecule has 0 amide bonds. The van der Waals surface area contributed by atoms with Crippen LogP contribution in [0.25, 0.3) is 0 Å². The molecule has 1 fully saturated rings. The van der Waals surface area contributed by atoms with Crippen LogP contribution in [0.4, 0.5) is 0 Å². The highest BCUT2D eigenvalue weighted by molar-refractivity contribution is 5.21. The summed E-state index contributed by atoms with van der Waals surface area (Å²) in [6.45, 7) is 3.47. The van der Waals surface area contributed by atoms with Gasteiger partial charge in [0.15, 0.2) is 0 Å². The molecule has 0 aromatic carbocycles. The number of rotatable bonds is 0. The average Bonchev–Trinajstić information content (AvgIpc) is 2.46.